The maximum atomic E-state index is 12.2. The summed E-state index contributed by atoms with van der Waals surface area (Å²) in [7, 11) is 0. The molecule has 3 heterocycles. The minimum atomic E-state index is -0.0531. The zero-order chi connectivity index (χ0) is 13.9. The van der Waals surface area contributed by atoms with Crippen LogP contribution in [0.5, 0.6) is 0 Å². The van der Waals surface area contributed by atoms with Gasteiger partial charge in [0.1, 0.15) is 4.83 Å². The van der Waals surface area contributed by atoms with Crippen molar-refractivity contribution < 1.29 is 4.79 Å². The van der Waals surface area contributed by atoms with Crippen molar-refractivity contribution in [1.29, 1.82) is 0 Å². The molecule has 3 rings (SSSR count). The summed E-state index contributed by atoms with van der Waals surface area (Å²) < 4.78 is 1.54. The van der Waals surface area contributed by atoms with E-state index in [-0.39, 0.29) is 11.5 Å². The molecular weight excluding hydrogens is 274 g/mol. The Morgan fingerprint density at radius 1 is 1.30 bits per heavy atom. The third-order valence-electron chi connectivity index (χ3n) is 3.73. The largest absolute Gasteiger partial charge is 0.343 e. The lowest BCUT2D eigenvalue weighted by atomic mass is 10.1. The number of hydrogen-bond acceptors (Lipinski definition) is 4. The number of aromatic nitrogens is 2. The minimum Gasteiger partial charge on any atom is -0.343 e. The van der Waals surface area contributed by atoms with Crippen molar-refractivity contribution in [2.45, 2.75) is 32.2 Å². The smallest absolute Gasteiger partial charge is 0.262 e. The van der Waals surface area contributed by atoms with Crippen LogP contribution in [-0.4, -0.2) is 33.4 Å². The standard InChI is InChI=1S/C14H17N3O2S/c18-12(16-6-2-1-3-7-16)4-8-17-10-15-13-11(14(17)19)5-9-20-13/h5,9-10H,1-4,6-8H2. The second-order valence-electron chi connectivity index (χ2n) is 5.07. The van der Waals surface area contributed by atoms with Crippen LogP contribution in [0.4, 0.5) is 0 Å². The van der Waals surface area contributed by atoms with Gasteiger partial charge < -0.3 is 4.90 Å². The van der Waals surface area contributed by atoms with Crippen molar-refractivity contribution in [3.8, 4) is 0 Å². The molecule has 0 atom stereocenters. The van der Waals surface area contributed by atoms with Gasteiger partial charge in [-0.25, -0.2) is 4.98 Å². The molecule has 6 heteroatoms. The van der Waals surface area contributed by atoms with Crippen molar-refractivity contribution in [3.05, 3.63) is 28.1 Å². The number of carbonyl (C=O) groups excluding carboxylic acids is 1. The average molecular weight is 291 g/mol. The number of aryl methyl sites for hydroxylation is 1. The first-order valence-corrected chi connectivity index (χ1v) is 7.84. The van der Waals surface area contributed by atoms with Gasteiger partial charge in [0, 0.05) is 26.1 Å². The van der Waals surface area contributed by atoms with E-state index in [0.29, 0.717) is 18.4 Å². The predicted molar refractivity (Wildman–Crippen MR) is 78.9 cm³/mol. The van der Waals surface area contributed by atoms with E-state index in [1.807, 2.05) is 10.3 Å². The normalized spacial score (nSPS) is 15.7. The number of nitrogens with zero attached hydrogens (tertiary/aromatic N) is 3. The van der Waals surface area contributed by atoms with Gasteiger partial charge in [-0.3, -0.25) is 14.2 Å². The van der Waals surface area contributed by atoms with Crippen LogP contribution >= 0.6 is 11.3 Å². The van der Waals surface area contributed by atoms with Crippen molar-refractivity contribution >= 4 is 27.5 Å². The van der Waals surface area contributed by atoms with Crippen LogP contribution in [0.1, 0.15) is 25.7 Å². The number of thiophene rings is 1. The van der Waals surface area contributed by atoms with E-state index in [0.717, 1.165) is 30.8 Å². The SMILES string of the molecule is O=C(CCn1cnc2sccc2c1=O)N1CCCCC1. The monoisotopic (exact) mass is 291 g/mol. The van der Waals surface area contributed by atoms with Crippen LogP contribution in [-0.2, 0) is 11.3 Å². The van der Waals surface area contributed by atoms with Crippen LogP contribution in [0, 0.1) is 0 Å². The number of fused-ring (bicyclic) bond motifs is 1. The number of amides is 1. The van der Waals surface area contributed by atoms with Crippen molar-refractivity contribution in [2.75, 3.05) is 13.1 Å². The molecule has 2 aromatic rings. The second kappa shape index (κ2) is 5.75. The van der Waals surface area contributed by atoms with Gasteiger partial charge in [-0.2, -0.15) is 0 Å². The molecule has 5 nitrogen and oxygen atoms in total. The van der Waals surface area contributed by atoms with Gasteiger partial charge in [0.2, 0.25) is 5.91 Å². The number of likely N-dealkylation sites (tertiary alicyclic amines) is 1. The van der Waals surface area contributed by atoms with Crippen molar-refractivity contribution in [1.82, 2.24) is 14.5 Å². The van der Waals surface area contributed by atoms with Gasteiger partial charge in [0.05, 0.1) is 11.7 Å². The minimum absolute atomic E-state index is 0.0531. The van der Waals surface area contributed by atoms with Gasteiger partial charge in [-0.05, 0) is 30.7 Å². The summed E-state index contributed by atoms with van der Waals surface area (Å²) in [6.45, 7) is 2.12. The summed E-state index contributed by atoms with van der Waals surface area (Å²) in [6, 6.07) is 1.79. The summed E-state index contributed by atoms with van der Waals surface area (Å²) in [5.74, 6) is 0.141. The maximum Gasteiger partial charge on any atom is 0.262 e. The van der Waals surface area contributed by atoms with Crippen molar-refractivity contribution in [2.24, 2.45) is 0 Å². The number of piperidine rings is 1. The molecule has 0 aromatic carbocycles. The first kappa shape index (κ1) is 13.3. The Morgan fingerprint density at radius 3 is 2.90 bits per heavy atom. The highest BCUT2D eigenvalue weighted by molar-refractivity contribution is 7.16. The highest BCUT2D eigenvalue weighted by Crippen LogP contribution is 2.14. The Hall–Kier alpha value is -1.69. The van der Waals surface area contributed by atoms with Gasteiger partial charge >= 0.3 is 0 Å². The topological polar surface area (TPSA) is 55.2 Å². The molecule has 106 valence electrons. The third-order valence-corrected chi connectivity index (χ3v) is 4.55. The molecule has 0 N–H and O–H groups in total. The Balaban J connectivity index is 1.68. The van der Waals surface area contributed by atoms with Gasteiger partial charge in [-0.15, -0.1) is 11.3 Å². The first-order valence-electron chi connectivity index (χ1n) is 6.96. The van der Waals surface area contributed by atoms with E-state index in [4.69, 9.17) is 0 Å². The molecule has 1 fully saturated rings. The molecule has 2 aromatic heterocycles. The lowest BCUT2D eigenvalue weighted by molar-refractivity contribution is -0.132. The maximum absolute atomic E-state index is 12.2. The second-order valence-corrected chi connectivity index (χ2v) is 5.97. The molecule has 0 bridgehead atoms. The number of rotatable bonds is 3. The number of hydrogen-bond donors (Lipinski definition) is 0. The third kappa shape index (κ3) is 2.60. The number of carbonyl (C=O) groups is 1. The lowest BCUT2D eigenvalue weighted by Crippen LogP contribution is -2.36. The Bertz CT molecular complexity index is 670. The van der Waals surface area contributed by atoms with Crippen LogP contribution in [0.2, 0.25) is 0 Å². The zero-order valence-corrected chi connectivity index (χ0v) is 12.1. The molecule has 1 saturated heterocycles. The first-order chi connectivity index (χ1) is 9.75. The van der Waals surface area contributed by atoms with Crippen LogP contribution in [0.25, 0.3) is 10.2 Å². The summed E-state index contributed by atoms with van der Waals surface area (Å²) in [5, 5.41) is 2.50. The summed E-state index contributed by atoms with van der Waals surface area (Å²) in [6.07, 6.45) is 5.31. The fourth-order valence-electron chi connectivity index (χ4n) is 2.57. The lowest BCUT2D eigenvalue weighted by Gasteiger charge is -2.26. The Morgan fingerprint density at radius 2 is 2.10 bits per heavy atom. The molecule has 0 saturated carbocycles. The molecule has 1 amide bonds. The molecule has 20 heavy (non-hydrogen) atoms. The highest BCUT2D eigenvalue weighted by Gasteiger charge is 2.16. The highest BCUT2D eigenvalue weighted by atomic mass is 32.1. The molecular formula is C14H17N3O2S. The Kier molecular flexibility index (Phi) is 3.82. The molecule has 0 radical (unpaired) electrons. The van der Waals surface area contributed by atoms with Gasteiger partial charge in [0.15, 0.2) is 0 Å². The molecule has 1 aliphatic heterocycles. The van der Waals surface area contributed by atoms with E-state index in [9.17, 15) is 9.59 Å². The van der Waals surface area contributed by atoms with Crippen LogP contribution < -0.4 is 5.56 Å². The van der Waals surface area contributed by atoms with E-state index in [2.05, 4.69) is 4.98 Å². The average Bonchev–Trinajstić information content (AvgIpc) is 2.96. The van der Waals surface area contributed by atoms with E-state index in [1.54, 1.807) is 12.4 Å². The fourth-order valence-corrected chi connectivity index (χ4v) is 3.29. The fraction of sp³-hybridized carbons (Fsp3) is 0.500. The van der Waals surface area contributed by atoms with Gasteiger partial charge in [-0.1, -0.05) is 0 Å². The van der Waals surface area contributed by atoms with E-state index < -0.39 is 0 Å². The van der Waals surface area contributed by atoms with Crippen LogP contribution in [0.15, 0.2) is 22.6 Å². The van der Waals surface area contributed by atoms with E-state index >= 15 is 0 Å². The van der Waals surface area contributed by atoms with Crippen molar-refractivity contribution in [3.63, 3.8) is 0 Å². The Labute approximate surface area is 120 Å². The van der Waals surface area contributed by atoms with E-state index in [1.165, 1.54) is 22.3 Å². The molecule has 0 unspecified atom stereocenters. The summed E-state index contributed by atoms with van der Waals surface area (Å²) in [4.78, 5) is 31.2. The zero-order valence-electron chi connectivity index (χ0n) is 11.2. The van der Waals surface area contributed by atoms with Crippen LogP contribution in [0.3, 0.4) is 0 Å². The predicted octanol–water partition coefficient (Wildman–Crippen LogP) is 1.86. The van der Waals surface area contributed by atoms with Gasteiger partial charge in [0.25, 0.3) is 5.56 Å². The molecule has 0 spiro atoms. The summed E-state index contributed by atoms with van der Waals surface area (Å²) >= 11 is 1.46. The molecule has 0 aliphatic carbocycles. The quantitative estimate of drug-likeness (QED) is 0.867. The summed E-state index contributed by atoms with van der Waals surface area (Å²) in [5.41, 5.74) is -0.0531. The molecule has 1 aliphatic rings.